The van der Waals surface area contributed by atoms with E-state index in [1.165, 1.54) is 11.1 Å². The summed E-state index contributed by atoms with van der Waals surface area (Å²) in [5.41, 5.74) is 3.47. The molecule has 0 radical (unpaired) electrons. The van der Waals surface area contributed by atoms with Crippen LogP contribution in [-0.2, 0) is 16.1 Å². The minimum atomic E-state index is -0.187. The Labute approximate surface area is 120 Å². The van der Waals surface area contributed by atoms with Gasteiger partial charge in [0, 0.05) is 26.1 Å². The van der Waals surface area contributed by atoms with Crippen molar-refractivity contribution in [3.63, 3.8) is 0 Å². The van der Waals surface area contributed by atoms with Crippen LogP contribution in [0, 0.1) is 13.8 Å². The smallest absolute Gasteiger partial charge is 0.310 e. The fraction of sp³-hybridized carbons (Fsp3) is 0.562. The number of hydrogen-bond donors (Lipinski definition) is 0. The second-order valence-electron chi connectivity index (χ2n) is 5.26. The Morgan fingerprint density at radius 3 is 2.60 bits per heavy atom. The Morgan fingerprint density at radius 1 is 1.25 bits per heavy atom. The number of aryl methyl sites for hydroxylation is 2. The first-order valence-corrected chi connectivity index (χ1v) is 7.21. The van der Waals surface area contributed by atoms with Gasteiger partial charge in [0.05, 0.1) is 13.2 Å². The maximum atomic E-state index is 11.4. The summed E-state index contributed by atoms with van der Waals surface area (Å²) < 4.78 is 10.7. The molecule has 0 aliphatic carbocycles. The normalized spacial score (nSPS) is 16.1. The number of rotatable bonds is 4. The van der Waals surface area contributed by atoms with E-state index < -0.39 is 0 Å². The summed E-state index contributed by atoms with van der Waals surface area (Å²) in [6, 6.07) is 4.10. The van der Waals surface area contributed by atoms with Crippen LogP contribution < -0.4 is 4.74 Å². The lowest BCUT2D eigenvalue weighted by Gasteiger charge is -2.27. The Bertz CT molecular complexity index is 479. The topological polar surface area (TPSA) is 38.8 Å². The molecule has 0 bridgehead atoms. The van der Waals surface area contributed by atoms with Gasteiger partial charge in [0.15, 0.2) is 0 Å². The van der Waals surface area contributed by atoms with Crippen molar-refractivity contribution in [3.05, 3.63) is 28.8 Å². The molecule has 1 aromatic carbocycles. The number of hydrogen-bond acceptors (Lipinski definition) is 4. The minimum absolute atomic E-state index is 0.187. The van der Waals surface area contributed by atoms with E-state index in [-0.39, 0.29) is 5.97 Å². The first-order chi connectivity index (χ1) is 9.60. The molecule has 1 fully saturated rings. The highest BCUT2D eigenvalue weighted by atomic mass is 16.5. The first kappa shape index (κ1) is 15.0. The van der Waals surface area contributed by atoms with Gasteiger partial charge in [0.1, 0.15) is 5.75 Å². The van der Waals surface area contributed by atoms with Crippen LogP contribution in [0.15, 0.2) is 12.1 Å². The number of ether oxygens (including phenoxy) is 2. The summed E-state index contributed by atoms with van der Waals surface area (Å²) in [5, 5.41) is 0. The Kier molecular flexibility index (Phi) is 5.15. The number of benzene rings is 1. The molecule has 0 amide bonds. The summed E-state index contributed by atoms with van der Waals surface area (Å²) in [7, 11) is 0. The SMILES string of the molecule is CCC(=O)Oc1cc(C)c(CN2CCOCC2)cc1C. The van der Waals surface area contributed by atoms with Gasteiger partial charge in [0.25, 0.3) is 0 Å². The molecule has 0 aromatic heterocycles. The summed E-state index contributed by atoms with van der Waals surface area (Å²) in [6.07, 6.45) is 0.397. The molecule has 0 saturated carbocycles. The van der Waals surface area contributed by atoms with Crippen molar-refractivity contribution < 1.29 is 14.3 Å². The summed E-state index contributed by atoms with van der Waals surface area (Å²) >= 11 is 0. The molecule has 1 aliphatic rings. The van der Waals surface area contributed by atoms with Crippen LogP contribution in [-0.4, -0.2) is 37.2 Å². The van der Waals surface area contributed by atoms with E-state index >= 15 is 0 Å². The molecule has 0 atom stereocenters. The summed E-state index contributed by atoms with van der Waals surface area (Å²) in [4.78, 5) is 13.8. The standard InChI is InChI=1S/C16H23NO3/c1-4-16(18)20-15-10-12(2)14(9-13(15)3)11-17-5-7-19-8-6-17/h9-10H,4-8,11H2,1-3H3. The molecular weight excluding hydrogens is 254 g/mol. The van der Waals surface area contributed by atoms with Gasteiger partial charge in [-0.05, 0) is 36.6 Å². The lowest BCUT2D eigenvalue weighted by Crippen LogP contribution is -2.35. The van der Waals surface area contributed by atoms with E-state index in [0.29, 0.717) is 12.2 Å². The van der Waals surface area contributed by atoms with Crippen molar-refractivity contribution in [2.45, 2.75) is 33.7 Å². The largest absolute Gasteiger partial charge is 0.426 e. The Balaban J connectivity index is 2.10. The highest BCUT2D eigenvalue weighted by Gasteiger charge is 2.14. The number of esters is 1. The number of carbonyl (C=O) groups excluding carboxylic acids is 1. The van der Waals surface area contributed by atoms with Crippen LogP contribution in [0.5, 0.6) is 5.75 Å². The molecule has 1 aromatic rings. The highest BCUT2D eigenvalue weighted by molar-refractivity contribution is 5.72. The van der Waals surface area contributed by atoms with Gasteiger partial charge < -0.3 is 9.47 Å². The zero-order valence-corrected chi connectivity index (χ0v) is 12.6. The van der Waals surface area contributed by atoms with Crippen molar-refractivity contribution in [1.29, 1.82) is 0 Å². The van der Waals surface area contributed by atoms with Crippen molar-refractivity contribution in [2.75, 3.05) is 26.3 Å². The Morgan fingerprint density at radius 2 is 1.95 bits per heavy atom. The maximum Gasteiger partial charge on any atom is 0.310 e. The van der Waals surface area contributed by atoms with E-state index in [1.54, 1.807) is 6.92 Å². The molecule has 20 heavy (non-hydrogen) atoms. The minimum Gasteiger partial charge on any atom is -0.426 e. The lowest BCUT2D eigenvalue weighted by atomic mass is 10.0. The monoisotopic (exact) mass is 277 g/mol. The molecule has 1 saturated heterocycles. The van der Waals surface area contributed by atoms with Crippen LogP contribution in [0.1, 0.15) is 30.0 Å². The van der Waals surface area contributed by atoms with Gasteiger partial charge in [-0.25, -0.2) is 0 Å². The van der Waals surface area contributed by atoms with Crippen molar-refractivity contribution in [3.8, 4) is 5.75 Å². The van der Waals surface area contributed by atoms with Crippen LogP contribution >= 0.6 is 0 Å². The third-order valence-electron chi connectivity index (χ3n) is 3.64. The molecule has 2 rings (SSSR count). The maximum absolute atomic E-state index is 11.4. The van der Waals surface area contributed by atoms with Crippen LogP contribution in [0.3, 0.4) is 0 Å². The Hall–Kier alpha value is -1.39. The predicted octanol–water partition coefficient (Wildman–Crippen LogP) is 2.45. The van der Waals surface area contributed by atoms with Gasteiger partial charge in [-0.3, -0.25) is 9.69 Å². The van der Waals surface area contributed by atoms with Crippen LogP contribution in [0.25, 0.3) is 0 Å². The van der Waals surface area contributed by atoms with E-state index in [0.717, 1.165) is 38.4 Å². The molecule has 0 spiro atoms. The van der Waals surface area contributed by atoms with Gasteiger partial charge in [-0.15, -0.1) is 0 Å². The highest BCUT2D eigenvalue weighted by Crippen LogP contribution is 2.24. The number of carbonyl (C=O) groups is 1. The molecule has 4 heteroatoms. The second-order valence-corrected chi connectivity index (χ2v) is 5.26. The van der Waals surface area contributed by atoms with Crippen molar-refractivity contribution >= 4 is 5.97 Å². The van der Waals surface area contributed by atoms with Gasteiger partial charge >= 0.3 is 5.97 Å². The molecule has 1 heterocycles. The van der Waals surface area contributed by atoms with Crippen molar-refractivity contribution in [2.24, 2.45) is 0 Å². The average Bonchev–Trinajstić information content (AvgIpc) is 2.45. The van der Waals surface area contributed by atoms with Gasteiger partial charge in [-0.1, -0.05) is 13.0 Å². The van der Waals surface area contributed by atoms with E-state index in [1.807, 2.05) is 13.0 Å². The first-order valence-electron chi connectivity index (χ1n) is 7.21. The van der Waals surface area contributed by atoms with Crippen LogP contribution in [0.4, 0.5) is 0 Å². The fourth-order valence-electron chi connectivity index (χ4n) is 2.32. The molecule has 0 unspecified atom stereocenters. The molecule has 0 N–H and O–H groups in total. The summed E-state index contributed by atoms with van der Waals surface area (Å²) in [5.74, 6) is 0.494. The second kappa shape index (κ2) is 6.86. The van der Waals surface area contributed by atoms with Crippen LogP contribution in [0.2, 0.25) is 0 Å². The molecular formula is C16H23NO3. The van der Waals surface area contributed by atoms with E-state index in [4.69, 9.17) is 9.47 Å². The fourth-order valence-corrected chi connectivity index (χ4v) is 2.32. The molecule has 1 aliphatic heterocycles. The average molecular weight is 277 g/mol. The number of morpholine rings is 1. The predicted molar refractivity (Wildman–Crippen MR) is 77.9 cm³/mol. The van der Waals surface area contributed by atoms with Gasteiger partial charge in [0.2, 0.25) is 0 Å². The number of nitrogens with zero attached hydrogens (tertiary/aromatic N) is 1. The van der Waals surface area contributed by atoms with Gasteiger partial charge in [-0.2, -0.15) is 0 Å². The lowest BCUT2D eigenvalue weighted by molar-refractivity contribution is -0.134. The summed E-state index contributed by atoms with van der Waals surface area (Å²) in [6.45, 7) is 10.4. The molecule has 110 valence electrons. The third-order valence-corrected chi connectivity index (χ3v) is 3.64. The zero-order chi connectivity index (χ0) is 14.5. The molecule has 4 nitrogen and oxygen atoms in total. The quantitative estimate of drug-likeness (QED) is 0.626. The zero-order valence-electron chi connectivity index (χ0n) is 12.6. The van der Waals surface area contributed by atoms with E-state index in [9.17, 15) is 4.79 Å². The van der Waals surface area contributed by atoms with Crippen molar-refractivity contribution in [1.82, 2.24) is 4.90 Å². The third kappa shape index (κ3) is 3.81. The van der Waals surface area contributed by atoms with E-state index in [2.05, 4.69) is 17.9 Å².